The zero-order chi connectivity index (χ0) is 12.8. The van der Waals surface area contributed by atoms with Crippen molar-refractivity contribution in [2.75, 3.05) is 0 Å². The Morgan fingerprint density at radius 2 is 2.29 bits per heavy atom. The van der Waals surface area contributed by atoms with E-state index in [1.54, 1.807) is 30.9 Å². The number of carbonyl (C=O) groups is 2. The molecule has 7 nitrogen and oxygen atoms in total. The highest BCUT2D eigenvalue weighted by atomic mass is 16.4. The van der Waals surface area contributed by atoms with Gasteiger partial charge >= 0.3 is 12.0 Å². The molecule has 1 unspecified atom stereocenters. The molecule has 0 bridgehead atoms. The predicted octanol–water partition coefficient (Wildman–Crippen LogP) is 0.0825. The number of aromatic nitrogens is 2. The third-order valence-corrected chi connectivity index (χ3v) is 2.36. The fraction of sp³-hybridized carbons (Fsp3) is 0.500. The fourth-order valence-corrected chi connectivity index (χ4v) is 1.29. The van der Waals surface area contributed by atoms with Gasteiger partial charge in [0.25, 0.3) is 0 Å². The number of hydrogen-bond donors (Lipinski definition) is 3. The van der Waals surface area contributed by atoms with Crippen molar-refractivity contribution in [3.8, 4) is 0 Å². The molecule has 94 valence electrons. The number of aliphatic carboxylic acids is 1. The number of aryl methyl sites for hydroxylation is 1. The molecule has 0 saturated carbocycles. The van der Waals surface area contributed by atoms with Crippen molar-refractivity contribution in [2.45, 2.75) is 25.9 Å². The maximum atomic E-state index is 11.4. The second kappa shape index (κ2) is 5.88. The zero-order valence-corrected chi connectivity index (χ0v) is 9.80. The van der Waals surface area contributed by atoms with Gasteiger partial charge in [-0.2, -0.15) is 5.10 Å². The molecule has 7 heteroatoms. The normalized spacial score (nSPS) is 11.9. The highest BCUT2D eigenvalue weighted by molar-refractivity contribution is 5.82. The van der Waals surface area contributed by atoms with E-state index in [0.717, 1.165) is 5.69 Å². The highest BCUT2D eigenvalue weighted by Gasteiger charge is 2.17. The summed E-state index contributed by atoms with van der Waals surface area (Å²) in [5.41, 5.74) is 0.837. The quantitative estimate of drug-likeness (QED) is 0.679. The Morgan fingerprint density at radius 1 is 1.59 bits per heavy atom. The first-order valence-electron chi connectivity index (χ1n) is 5.28. The van der Waals surface area contributed by atoms with E-state index >= 15 is 0 Å². The molecule has 1 aromatic rings. The highest BCUT2D eigenvalue weighted by Crippen LogP contribution is 1.95. The molecular weight excluding hydrogens is 224 g/mol. The third-order valence-electron chi connectivity index (χ3n) is 2.36. The molecule has 0 radical (unpaired) electrons. The third kappa shape index (κ3) is 3.78. The summed E-state index contributed by atoms with van der Waals surface area (Å²) in [5.74, 6) is -1.04. The van der Waals surface area contributed by atoms with Gasteiger partial charge in [0.15, 0.2) is 0 Å². The molecule has 0 fully saturated rings. The van der Waals surface area contributed by atoms with Crippen molar-refractivity contribution in [2.24, 2.45) is 7.05 Å². The minimum absolute atomic E-state index is 0.304. The second-order valence-corrected chi connectivity index (χ2v) is 3.57. The van der Waals surface area contributed by atoms with Crippen LogP contribution in [-0.2, 0) is 18.4 Å². The van der Waals surface area contributed by atoms with Crippen molar-refractivity contribution in [1.29, 1.82) is 0 Å². The number of carboxylic acid groups (broad SMARTS) is 1. The molecule has 0 aliphatic carbocycles. The van der Waals surface area contributed by atoms with Crippen LogP contribution in [0.25, 0.3) is 0 Å². The number of hydrogen-bond acceptors (Lipinski definition) is 3. The molecule has 1 heterocycles. The molecule has 1 atom stereocenters. The van der Waals surface area contributed by atoms with Crippen molar-refractivity contribution in [3.05, 3.63) is 18.0 Å². The van der Waals surface area contributed by atoms with Crippen LogP contribution < -0.4 is 10.6 Å². The van der Waals surface area contributed by atoms with E-state index in [0.29, 0.717) is 13.0 Å². The van der Waals surface area contributed by atoms with Crippen molar-refractivity contribution >= 4 is 12.0 Å². The number of carbonyl (C=O) groups excluding carboxylic acids is 1. The molecule has 0 saturated heterocycles. The van der Waals surface area contributed by atoms with Crippen molar-refractivity contribution in [3.63, 3.8) is 0 Å². The summed E-state index contributed by atoms with van der Waals surface area (Å²) < 4.78 is 1.63. The van der Waals surface area contributed by atoms with E-state index in [4.69, 9.17) is 5.11 Å². The Hall–Kier alpha value is -2.05. The Morgan fingerprint density at radius 3 is 2.76 bits per heavy atom. The number of carboxylic acids is 1. The standard InChI is InChI=1S/C10H16N4O3/c1-3-8(9(15)16)13-10(17)11-6-7-4-5-12-14(7)2/h4-5,8H,3,6H2,1-2H3,(H,15,16)(H2,11,13,17). The van der Waals surface area contributed by atoms with Gasteiger partial charge in [-0.25, -0.2) is 9.59 Å². The van der Waals surface area contributed by atoms with Crippen LogP contribution in [0.2, 0.25) is 0 Å². The predicted molar refractivity (Wildman–Crippen MR) is 60.3 cm³/mol. The van der Waals surface area contributed by atoms with E-state index in [-0.39, 0.29) is 0 Å². The topological polar surface area (TPSA) is 96.3 Å². The molecule has 0 spiro atoms. The van der Waals surface area contributed by atoms with Gasteiger partial charge in [-0.15, -0.1) is 0 Å². The molecule has 1 rings (SSSR count). The maximum absolute atomic E-state index is 11.4. The summed E-state index contributed by atoms with van der Waals surface area (Å²) in [6, 6.07) is 0.413. The minimum atomic E-state index is -1.04. The van der Waals surface area contributed by atoms with Gasteiger partial charge in [-0.1, -0.05) is 6.92 Å². The van der Waals surface area contributed by atoms with Crippen LogP contribution in [-0.4, -0.2) is 32.9 Å². The SMILES string of the molecule is CCC(NC(=O)NCc1ccnn1C)C(=O)O. The Bertz CT molecular complexity index is 402. The average Bonchev–Trinajstić information content (AvgIpc) is 2.68. The van der Waals surface area contributed by atoms with Crippen molar-refractivity contribution in [1.82, 2.24) is 20.4 Å². The Balaban J connectivity index is 2.40. The van der Waals surface area contributed by atoms with Gasteiger partial charge < -0.3 is 15.7 Å². The van der Waals surface area contributed by atoms with Crippen LogP contribution in [0.5, 0.6) is 0 Å². The summed E-state index contributed by atoms with van der Waals surface area (Å²) in [7, 11) is 1.76. The molecular formula is C10H16N4O3. The summed E-state index contributed by atoms with van der Waals surface area (Å²) in [5, 5.41) is 17.7. The van der Waals surface area contributed by atoms with E-state index < -0.39 is 18.0 Å². The van der Waals surface area contributed by atoms with Gasteiger partial charge in [0.05, 0.1) is 12.2 Å². The lowest BCUT2D eigenvalue weighted by Crippen LogP contribution is -2.45. The van der Waals surface area contributed by atoms with E-state index in [1.807, 2.05) is 0 Å². The average molecular weight is 240 g/mol. The van der Waals surface area contributed by atoms with Crippen LogP contribution >= 0.6 is 0 Å². The van der Waals surface area contributed by atoms with Crippen LogP contribution in [0.15, 0.2) is 12.3 Å². The summed E-state index contributed by atoms with van der Waals surface area (Å²) >= 11 is 0. The van der Waals surface area contributed by atoms with E-state index in [1.165, 1.54) is 0 Å². The number of amides is 2. The van der Waals surface area contributed by atoms with Gasteiger partial charge in [0, 0.05) is 13.2 Å². The summed E-state index contributed by atoms with van der Waals surface area (Å²) in [6.07, 6.45) is 1.97. The number of urea groups is 1. The van der Waals surface area contributed by atoms with Crippen LogP contribution in [0.3, 0.4) is 0 Å². The molecule has 17 heavy (non-hydrogen) atoms. The Labute approximate surface area is 98.8 Å². The summed E-state index contributed by atoms with van der Waals surface area (Å²) in [4.78, 5) is 22.1. The Kier molecular flexibility index (Phi) is 4.50. The first-order chi connectivity index (χ1) is 8.04. The first kappa shape index (κ1) is 13.0. The second-order valence-electron chi connectivity index (χ2n) is 3.57. The molecule has 2 amide bonds. The van der Waals surface area contributed by atoms with E-state index in [2.05, 4.69) is 15.7 Å². The minimum Gasteiger partial charge on any atom is -0.480 e. The lowest BCUT2D eigenvalue weighted by atomic mass is 10.2. The van der Waals surface area contributed by atoms with Crippen LogP contribution in [0.1, 0.15) is 19.0 Å². The fourth-order valence-electron chi connectivity index (χ4n) is 1.29. The molecule has 3 N–H and O–H groups in total. The van der Waals surface area contributed by atoms with Crippen LogP contribution in [0.4, 0.5) is 4.79 Å². The lowest BCUT2D eigenvalue weighted by molar-refractivity contribution is -0.139. The maximum Gasteiger partial charge on any atom is 0.326 e. The summed E-state index contributed by atoms with van der Waals surface area (Å²) in [6.45, 7) is 2.00. The monoisotopic (exact) mass is 240 g/mol. The van der Waals surface area contributed by atoms with Gasteiger partial charge in [0.1, 0.15) is 6.04 Å². The zero-order valence-electron chi connectivity index (χ0n) is 9.80. The smallest absolute Gasteiger partial charge is 0.326 e. The molecule has 0 aliphatic heterocycles. The van der Waals surface area contributed by atoms with Crippen LogP contribution in [0, 0.1) is 0 Å². The number of rotatable bonds is 5. The molecule has 0 aliphatic rings. The first-order valence-corrected chi connectivity index (χ1v) is 5.28. The van der Waals surface area contributed by atoms with Crippen molar-refractivity contribution < 1.29 is 14.7 Å². The molecule has 0 aromatic carbocycles. The van der Waals surface area contributed by atoms with Gasteiger partial charge in [-0.05, 0) is 12.5 Å². The van der Waals surface area contributed by atoms with Gasteiger partial charge in [-0.3, -0.25) is 4.68 Å². The molecule has 1 aromatic heterocycles. The lowest BCUT2D eigenvalue weighted by Gasteiger charge is -2.13. The van der Waals surface area contributed by atoms with E-state index in [9.17, 15) is 9.59 Å². The number of nitrogens with zero attached hydrogens (tertiary/aromatic N) is 2. The van der Waals surface area contributed by atoms with Gasteiger partial charge in [0.2, 0.25) is 0 Å². The largest absolute Gasteiger partial charge is 0.480 e. The number of nitrogens with one attached hydrogen (secondary N) is 2.